The van der Waals surface area contributed by atoms with Gasteiger partial charge >= 0.3 is 0 Å². The Morgan fingerprint density at radius 1 is 1.12 bits per heavy atom. The van der Waals surface area contributed by atoms with Gasteiger partial charge in [0.15, 0.2) is 0 Å². The van der Waals surface area contributed by atoms with Crippen LogP contribution >= 0.6 is 0 Å². The van der Waals surface area contributed by atoms with Crippen molar-refractivity contribution in [2.75, 3.05) is 5.32 Å². The maximum absolute atomic E-state index is 12.6. The second-order valence-corrected chi connectivity index (χ2v) is 5.81. The van der Waals surface area contributed by atoms with Crippen molar-refractivity contribution in [1.29, 1.82) is 0 Å². The van der Waals surface area contributed by atoms with Crippen molar-refractivity contribution in [3.05, 3.63) is 89.0 Å². The molecule has 0 aliphatic heterocycles. The first kappa shape index (κ1) is 15.8. The molecule has 0 aliphatic carbocycles. The zero-order valence-corrected chi connectivity index (χ0v) is 14.0. The number of imidazole rings is 1. The summed E-state index contributed by atoms with van der Waals surface area (Å²) >= 11 is 0. The highest BCUT2D eigenvalue weighted by Gasteiger charge is 2.14. The van der Waals surface area contributed by atoms with Crippen LogP contribution < -0.4 is 10.9 Å². The number of nitrogens with one attached hydrogen (secondary N) is 1. The number of pyridine rings is 1. The number of fused-ring (bicyclic) bond motifs is 1. The molecule has 7 nitrogen and oxygen atoms in total. The SMILES string of the molecule is Cc1cccc2ncc(C(=O)Nc3ccc(-n4ccnc4)cc3)c(=O)n12. The summed E-state index contributed by atoms with van der Waals surface area (Å²) in [6.07, 6.45) is 6.53. The molecule has 0 atom stereocenters. The summed E-state index contributed by atoms with van der Waals surface area (Å²) in [6.45, 7) is 1.80. The van der Waals surface area contributed by atoms with Gasteiger partial charge in [-0.3, -0.25) is 14.0 Å². The fraction of sp³-hybridized carbons (Fsp3) is 0.0526. The highest BCUT2D eigenvalue weighted by Crippen LogP contribution is 2.14. The molecule has 0 bridgehead atoms. The summed E-state index contributed by atoms with van der Waals surface area (Å²) in [5.41, 5.74) is 2.35. The van der Waals surface area contributed by atoms with E-state index in [1.165, 1.54) is 10.6 Å². The normalized spacial score (nSPS) is 10.8. The molecular formula is C19H15N5O2. The van der Waals surface area contributed by atoms with Gasteiger partial charge in [-0.2, -0.15) is 0 Å². The monoisotopic (exact) mass is 345 g/mol. The van der Waals surface area contributed by atoms with Gasteiger partial charge in [-0.1, -0.05) is 6.07 Å². The molecule has 0 radical (unpaired) electrons. The Labute approximate surface area is 148 Å². The number of nitrogens with zero attached hydrogens (tertiary/aromatic N) is 4. The molecule has 0 aliphatic rings. The van der Waals surface area contributed by atoms with E-state index in [-0.39, 0.29) is 11.1 Å². The summed E-state index contributed by atoms with van der Waals surface area (Å²) in [4.78, 5) is 33.4. The number of hydrogen-bond donors (Lipinski definition) is 1. The maximum Gasteiger partial charge on any atom is 0.270 e. The molecule has 0 fully saturated rings. The van der Waals surface area contributed by atoms with Crippen LogP contribution in [0.1, 0.15) is 16.1 Å². The molecule has 1 amide bonds. The van der Waals surface area contributed by atoms with Crippen LogP contribution in [0.25, 0.3) is 11.3 Å². The molecule has 26 heavy (non-hydrogen) atoms. The summed E-state index contributed by atoms with van der Waals surface area (Å²) in [5, 5.41) is 2.74. The minimum atomic E-state index is -0.490. The smallest absolute Gasteiger partial charge is 0.270 e. The van der Waals surface area contributed by atoms with Gasteiger partial charge in [-0.25, -0.2) is 9.97 Å². The number of hydrogen-bond acceptors (Lipinski definition) is 4. The van der Waals surface area contributed by atoms with Crippen molar-refractivity contribution in [2.45, 2.75) is 6.92 Å². The fourth-order valence-electron chi connectivity index (χ4n) is 2.76. The molecule has 128 valence electrons. The predicted molar refractivity (Wildman–Crippen MR) is 97.7 cm³/mol. The molecule has 7 heteroatoms. The van der Waals surface area contributed by atoms with E-state index in [0.29, 0.717) is 11.3 Å². The summed E-state index contributed by atoms with van der Waals surface area (Å²) in [7, 11) is 0. The minimum absolute atomic E-state index is 0.00418. The van der Waals surface area contributed by atoms with Crippen LogP contribution in [0.3, 0.4) is 0 Å². The second kappa shape index (κ2) is 6.29. The summed E-state index contributed by atoms with van der Waals surface area (Å²) < 4.78 is 3.28. The van der Waals surface area contributed by atoms with Gasteiger partial charge in [0.25, 0.3) is 11.5 Å². The molecule has 1 N–H and O–H groups in total. The van der Waals surface area contributed by atoms with Crippen LogP contribution in [0.4, 0.5) is 5.69 Å². The average molecular weight is 345 g/mol. The Morgan fingerprint density at radius 2 is 1.92 bits per heavy atom. The van der Waals surface area contributed by atoms with Crippen LogP contribution in [0.5, 0.6) is 0 Å². The molecule has 0 saturated carbocycles. The van der Waals surface area contributed by atoms with Crippen molar-refractivity contribution >= 4 is 17.2 Å². The van der Waals surface area contributed by atoms with E-state index in [9.17, 15) is 9.59 Å². The molecule has 4 rings (SSSR count). The van der Waals surface area contributed by atoms with Crippen LogP contribution in [-0.4, -0.2) is 24.8 Å². The Morgan fingerprint density at radius 3 is 2.65 bits per heavy atom. The van der Waals surface area contributed by atoms with E-state index in [4.69, 9.17) is 0 Å². The van der Waals surface area contributed by atoms with E-state index in [1.54, 1.807) is 43.7 Å². The molecular weight excluding hydrogens is 330 g/mol. The lowest BCUT2D eigenvalue weighted by atomic mass is 10.2. The number of carbonyl (C=O) groups excluding carboxylic acids is 1. The van der Waals surface area contributed by atoms with E-state index < -0.39 is 5.91 Å². The average Bonchev–Trinajstić information content (AvgIpc) is 3.17. The first-order valence-electron chi connectivity index (χ1n) is 8.00. The highest BCUT2D eigenvalue weighted by atomic mass is 16.2. The lowest BCUT2D eigenvalue weighted by Gasteiger charge is -2.08. The third-order valence-electron chi connectivity index (χ3n) is 4.10. The molecule has 0 unspecified atom stereocenters. The van der Waals surface area contributed by atoms with Crippen molar-refractivity contribution in [3.8, 4) is 5.69 Å². The molecule has 4 aromatic rings. The number of rotatable bonds is 3. The van der Waals surface area contributed by atoms with Gasteiger partial charge in [0.05, 0.1) is 6.33 Å². The molecule has 0 saturated heterocycles. The number of amides is 1. The summed E-state index contributed by atoms with van der Waals surface area (Å²) in [5.74, 6) is -0.490. The third-order valence-corrected chi connectivity index (χ3v) is 4.10. The standard InChI is InChI=1S/C19H15N5O2/c1-13-3-2-4-17-21-11-16(19(26)24(13)17)18(25)22-14-5-7-15(8-6-14)23-10-9-20-12-23/h2-12H,1H3,(H,22,25). The Kier molecular flexibility index (Phi) is 3.81. The van der Waals surface area contributed by atoms with Crippen molar-refractivity contribution in [3.63, 3.8) is 0 Å². The van der Waals surface area contributed by atoms with E-state index in [2.05, 4.69) is 15.3 Å². The maximum atomic E-state index is 12.6. The number of anilines is 1. The molecule has 3 heterocycles. The zero-order valence-electron chi connectivity index (χ0n) is 14.0. The quantitative estimate of drug-likeness (QED) is 0.618. The molecule has 3 aromatic heterocycles. The largest absolute Gasteiger partial charge is 0.322 e. The van der Waals surface area contributed by atoms with E-state index >= 15 is 0 Å². The lowest BCUT2D eigenvalue weighted by molar-refractivity contribution is 0.102. The van der Waals surface area contributed by atoms with Gasteiger partial charge in [0.2, 0.25) is 0 Å². The van der Waals surface area contributed by atoms with Gasteiger partial charge in [-0.15, -0.1) is 0 Å². The van der Waals surface area contributed by atoms with E-state index in [0.717, 1.165) is 11.4 Å². The van der Waals surface area contributed by atoms with Crippen molar-refractivity contribution < 1.29 is 4.79 Å². The topological polar surface area (TPSA) is 81.3 Å². The van der Waals surface area contributed by atoms with Crippen LogP contribution in [0.15, 0.2) is 72.2 Å². The first-order valence-corrected chi connectivity index (χ1v) is 8.00. The van der Waals surface area contributed by atoms with Crippen LogP contribution in [-0.2, 0) is 0 Å². The highest BCUT2D eigenvalue weighted by molar-refractivity contribution is 6.03. The van der Waals surface area contributed by atoms with Gasteiger partial charge in [0.1, 0.15) is 11.2 Å². The Hall–Kier alpha value is -3.74. The summed E-state index contributed by atoms with van der Waals surface area (Å²) in [6, 6.07) is 12.6. The number of aromatic nitrogens is 4. The van der Waals surface area contributed by atoms with Gasteiger partial charge in [0, 0.05) is 35.7 Å². The third kappa shape index (κ3) is 2.75. The zero-order chi connectivity index (χ0) is 18.1. The van der Waals surface area contributed by atoms with Gasteiger partial charge < -0.3 is 9.88 Å². The Bertz CT molecular complexity index is 1140. The van der Waals surface area contributed by atoms with Crippen LogP contribution in [0.2, 0.25) is 0 Å². The molecule has 0 spiro atoms. The predicted octanol–water partition coefficient (Wildman–Crippen LogP) is 2.44. The van der Waals surface area contributed by atoms with Gasteiger partial charge in [-0.05, 0) is 43.3 Å². The first-order chi connectivity index (χ1) is 12.6. The minimum Gasteiger partial charge on any atom is -0.322 e. The number of aryl methyl sites for hydroxylation is 1. The number of benzene rings is 1. The molecule has 1 aromatic carbocycles. The second-order valence-electron chi connectivity index (χ2n) is 5.81. The fourth-order valence-corrected chi connectivity index (χ4v) is 2.76. The van der Waals surface area contributed by atoms with Crippen molar-refractivity contribution in [1.82, 2.24) is 18.9 Å². The lowest BCUT2D eigenvalue weighted by Crippen LogP contribution is -2.27. The number of carbonyl (C=O) groups is 1. The van der Waals surface area contributed by atoms with E-state index in [1.807, 2.05) is 29.0 Å². The van der Waals surface area contributed by atoms with Crippen LogP contribution in [0, 0.1) is 6.92 Å². The van der Waals surface area contributed by atoms with Crippen molar-refractivity contribution in [2.24, 2.45) is 0 Å². The Balaban J connectivity index is 1.62.